The van der Waals surface area contributed by atoms with Gasteiger partial charge in [0.1, 0.15) is 5.75 Å². The Balaban J connectivity index is 1.37. The van der Waals surface area contributed by atoms with Gasteiger partial charge in [-0.3, -0.25) is 9.78 Å². The number of benzene rings is 1. The molecule has 1 aromatic carbocycles. The molecular weight excluding hydrogens is 498 g/mol. The van der Waals surface area contributed by atoms with E-state index in [4.69, 9.17) is 26.4 Å². The first-order chi connectivity index (χ1) is 18.6. The first kappa shape index (κ1) is 26.7. The molecule has 2 fully saturated rings. The van der Waals surface area contributed by atoms with Crippen LogP contribution in [0.2, 0.25) is 5.02 Å². The van der Waals surface area contributed by atoms with Crippen LogP contribution in [0, 0.1) is 5.92 Å². The Bertz CT molecular complexity index is 1200. The molecule has 0 unspecified atom stereocenters. The summed E-state index contributed by atoms with van der Waals surface area (Å²) >= 11 is 6.47. The highest BCUT2D eigenvalue weighted by molar-refractivity contribution is 6.32. The molecule has 8 heteroatoms. The molecule has 0 radical (unpaired) electrons. The van der Waals surface area contributed by atoms with Gasteiger partial charge in [-0.15, -0.1) is 0 Å². The highest BCUT2D eigenvalue weighted by atomic mass is 35.5. The molecule has 7 nitrogen and oxygen atoms in total. The lowest BCUT2D eigenvalue weighted by molar-refractivity contribution is -0.134. The van der Waals surface area contributed by atoms with Gasteiger partial charge in [0.2, 0.25) is 5.91 Å². The maximum atomic E-state index is 13.5. The molecule has 0 N–H and O–H groups in total. The van der Waals surface area contributed by atoms with Gasteiger partial charge in [-0.05, 0) is 55.5 Å². The second-order valence-corrected chi connectivity index (χ2v) is 11.0. The van der Waals surface area contributed by atoms with E-state index in [1.165, 1.54) is 44.9 Å². The van der Waals surface area contributed by atoms with Gasteiger partial charge < -0.3 is 9.64 Å². The predicted molar refractivity (Wildman–Crippen MR) is 150 cm³/mol. The maximum absolute atomic E-state index is 13.5. The van der Waals surface area contributed by atoms with Crippen molar-refractivity contribution in [1.82, 2.24) is 24.6 Å². The summed E-state index contributed by atoms with van der Waals surface area (Å²) in [5, 5.41) is 5.40. The fraction of sp³-hybridized carbons (Fsp3) is 0.533. The number of halogens is 1. The molecule has 202 valence electrons. The quantitative estimate of drug-likeness (QED) is 0.285. The topological polar surface area (TPSA) is 73.1 Å². The number of ether oxygens (including phenoxy) is 1. The van der Waals surface area contributed by atoms with Gasteiger partial charge in [-0.25, -0.2) is 9.67 Å². The van der Waals surface area contributed by atoms with Crippen LogP contribution < -0.4 is 4.74 Å². The van der Waals surface area contributed by atoms with Crippen LogP contribution in [-0.2, 0) is 11.3 Å². The highest BCUT2D eigenvalue weighted by Crippen LogP contribution is 2.32. The van der Waals surface area contributed by atoms with E-state index in [0.717, 1.165) is 36.2 Å². The maximum Gasteiger partial charge on any atom is 0.222 e. The highest BCUT2D eigenvalue weighted by Gasteiger charge is 2.28. The zero-order valence-corrected chi connectivity index (χ0v) is 23.1. The molecule has 2 aliphatic rings. The Morgan fingerprint density at radius 2 is 1.76 bits per heavy atom. The zero-order chi connectivity index (χ0) is 26.3. The Hall–Kier alpha value is -2.93. The minimum absolute atomic E-state index is 0.297. The van der Waals surface area contributed by atoms with E-state index in [0.29, 0.717) is 54.0 Å². The van der Waals surface area contributed by atoms with Crippen LogP contribution in [-0.4, -0.2) is 50.3 Å². The average molecular weight is 536 g/mol. The third-order valence-electron chi connectivity index (χ3n) is 8.15. The molecule has 38 heavy (non-hydrogen) atoms. The number of carbonyl (C=O) groups excluding carboxylic acids is 1. The summed E-state index contributed by atoms with van der Waals surface area (Å²) in [6, 6.07) is 9.81. The molecule has 2 saturated carbocycles. The minimum Gasteiger partial charge on any atom is -0.495 e. The van der Waals surface area contributed by atoms with Crippen molar-refractivity contribution in [2.45, 2.75) is 83.2 Å². The third kappa shape index (κ3) is 6.37. The van der Waals surface area contributed by atoms with Gasteiger partial charge in [0.15, 0.2) is 11.6 Å². The fourth-order valence-corrected chi connectivity index (χ4v) is 6.27. The number of methoxy groups -OCH3 is 1. The van der Waals surface area contributed by atoms with Crippen molar-refractivity contribution < 1.29 is 9.53 Å². The van der Waals surface area contributed by atoms with Crippen molar-refractivity contribution in [2.24, 2.45) is 5.92 Å². The minimum atomic E-state index is 0.297. The first-order valence-corrected chi connectivity index (χ1v) is 14.5. The summed E-state index contributed by atoms with van der Waals surface area (Å²) in [4.78, 5) is 24.7. The molecule has 5 rings (SSSR count). The van der Waals surface area contributed by atoms with Gasteiger partial charge in [-0.1, -0.05) is 56.5 Å². The Morgan fingerprint density at radius 1 is 1.03 bits per heavy atom. The molecular formula is C30H38ClN5O2. The SMILES string of the molecule is COc1ccc(-c2nc(-c3ccncc3)nn2CCN(C(=O)CCC2CCCCC2)C2CCCC2)cc1Cl. The number of aromatic nitrogens is 4. The molecule has 0 saturated heterocycles. The van der Waals surface area contributed by atoms with E-state index in [1.54, 1.807) is 19.5 Å². The van der Waals surface area contributed by atoms with Gasteiger partial charge in [-0.2, -0.15) is 5.10 Å². The molecule has 0 aliphatic heterocycles. The number of pyridine rings is 1. The van der Waals surface area contributed by atoms with Crippen molar-refractivity contribution in [2.75, 3.05) is 13.7 Å². The number of carbonyl (C=O) groups is 1. The van der Waals surface area contributed by atoms with Crippen LogP contribution >= 0.6 is 11.6 Å². The van der Waals surface area contributed by atoms with Crippen LogP contribution in [0.5, 0.6) is 5.75 Å². The fourth-order valence-electron chi connectivity index (χ4n) is 6.02. The van der Waals surface area contributed by atoms with Gasteiger partial charge in [0.05, 0.1) is 18.7 Å². The van der Waals surface area contributed by atoms with Crippen molar-refractivity contribution in [3.05, 3.63) is 47.7 Å². The summed E-state index contributed by atoms with van der Waals surface area (Å²) in [7, 11) is 1.60. The number of nitrogens with zero attached hydrogens (tertiary/aromatic N) is 5. The zero-order valence-electron chi connectivity index (χ0n) is 22.3. The van der Waals surface area contributed by atoms with Gasteiger partial charge in [0.25, 0.3) is 0 Å². The van der Waals surface area contributed by atoms with Crippen LogP contribution in [0.4, 0.5) is 0 Å². The lowest BCUT2D eigenvalue weighted by Gasteiger charge is -2.30. The summed E-state index contributed by atoms with van der Waals surface area (Å²) in [6.45, 7) is 1.20. The molecule has 0 bridgehead atoms. The van der Waals surface area contributed by atoms with E-state index < -0.39 is 0 Å². The standard InChI is InChI=1S/C30H38ClN5O2/c1-38-27-13-12-24(21-26(27)31)30-33-29(23-15-17-32-18-16-23)34-36(30)20-19-35(25-9-5-6-10-25)28(37)14-11-22-7-3-2-4-8-22/h12-13,15-18,21-22,25H,2-11,14,19-20H2,1H3. The molecule has 3 aromatic rings. The molecule has 2 heterocycles. The second kappa shape index (κ2) is 12.7. The molecule has 2 aromatic heterocycles. The number of hydrogen-bond acceptors (Lipinski definition) is 5. The Morgan fingerprint density at radius 3 is 2.47 bits per heavy atom. The van der Waals surface area contributed by atoms with E-state index >= 15 is 0 Å². The van der Waals surface area contributed by atoms with Crippen LogP contribution in [0.25, 0.3) is 22.8 Å². The number of amides is 1. The van der Waals surface area contributed by atoms with Crippen LogP contribution in [0.3, 0.4) is 0 Å². The van der Waals surface area contributed by atoms with Crippen molar-refractivity contribution >= 4 is 17.5 Å². The third-order valence-corrected chi connectivity index (χ3v) is 8.45. The molecule has 0 atom stereocenters. The lowest BCUT2D eigenvalue weighted by atomic mass is 9.86. The second-order valence-electron chi connectivity index (χ2n) is 10.6. The Kier molecular flexibility index (Phi) is 8.94. The normalized spacial score (nSPS) is 16.6. The van der Waals surface area contributed by atoms with E-state index in [1.807, 2.05) is 35.0 Å². The molecule has 0 spiro atoms. The van der Waals surface area contributed by atoms with E-state index in [-0.39, 0.29) is 0 Å². The van der Waals surface area contributed by atoms with Gasteiger partial charge in [0, 0.05) is 42.5 Å². The van der Waals surface area contributed by atoms with Gasteiger partial charge >= 0.3 is 0 Å². The first-order valence-electron chi connectivity index (χ1n) is 14.1. The lowest BCUT2D eigenvalue weighted by Crippen LogP contribution is -2.41. The number of rotatable bonds is 10. The van der Waals surface area contributed by atoms with Crippen LogP contribution in [0.15, 0.2) is 42.7 Å². The molecule has 2 aliphatic carbocycles. The van der Waals surface area contributed by atoms with Crippen molar-refractivity contribution in [3.63, 3.8) is 0 Å². The van der Waals surface area contributed by atoms with Crippen molar-refractivity contribution in [3.8, 4) is 28.5 Å². The molecule has 1 amide bonds. The Labute approximate surface area is 230 Å². The van der Waals surface area contributed by atoms with E-state index in [9.17, 15) is 4.79 Å². The summed E-state index contributed by atoms with van der Waals surface area (Å²) in [5.41, 5.74) is 1.76. The van der Waals surface area contributed by atoms with E-state index in [2.05, 4.69) is 9.88 Å². The monoisotopic (exact) mass is 535 g/mol. The average Bonchev–Trinajstić information content (AvgIpc) is 3.64. The largest absolute Gasteiger partial charge is 0.495 e. The van der Waals surface area contributed by atoms with Crippen LogP contribution in [0.1, 0.15) is 70.6 Å². The summed E-state index contributed by atoms with van der Waals surface area (Å²) in [6.07, 6.45) is 16.3. The summed E-state index contributed by atoms with van der Waals surface area (Å²) in [5.74, 6) is 2.98. The predicted octanol–water partition coefficient (Wildman–Crippen LogP) is 6.80. The number of hydrogen-bond donors (Lipinski definition) is 0. The van der Waals surface area contributed by atoms with Crippen molar-refractivity contribution in [1.29, 1.82) is 0 Å². The smallest absolute Gasteiger partial charge is 0.222 e. The summed E-state index contributed by atoms with van der Waals surface area (Å²) < 4.78 is 7.26.